The van der Waals surface area contributed by atoms with Crippen LogP contribution >= 0.6 is 38.5 Å². The molecule has 3 rings (SSSR count). The number of halogens is 2. The van der Waals surface area contributed by atoms with Crippen LogP contribution in [0.5, 0.6) is 11.5 Å². The number of rotatable bonds is 6. The van der Waals surface area contributed by atoms with Gasteiger partial charge in [-0.15, -0.1) is 0 Å². The Morgan fingerprint density at radius 1 is 1.30 bits per heavy atom. The van der Waals surface area contributed by atoms with Crippen molar-refractivity contribution in [3.63, 3.8) is 0 Å². The fourth-order valence-electron chi connectivity index (χ4n) is 2.39. The lowest BCUT2D eigenvalue weighted by molar-refractivity contribution is -0.129. The van der Waals surface area contributed by atoms with Crippen LogP contribution in [0, 0.1) is 3.57 Å². The van der Waals surface area contributed by atoms with Crippen molar-refractivity contribution in [1.82, 2.24) is 0 Å². The van der Waals surface area contributed by atoms with Crippen molar-refractivity contribution < 1.29 is 19.0 Å². The second-order valence-corrected chi connectivity index (χ2v) is 7.58. The number of hydrogen-bond acceptors (Lipinski definition) is 5. The first-order valence-corrected chi connectivity index (χ1v) is 9.78. The molecule has 0 N–H and O–H groups in total. The lowest BCUT2D eigenvalue weighted by Crippen LogP contribution is -2.05. The molecule has 138 valence electrons. The maximum absolute atomic E-state index is 12.2. The molecule has 1 heterocycles. The molecule has 5 nitrogen and oxygen atoms in total. The molecule has 0 fully saturated rings. The number of methoxy groups -OCH3 is 1. The Hall–Kier alpha value is -2.13. The van der Waals surface area contributed by atoms with Crippen LogP contribution in [0.1, 0.15) is 11.1 Å². The van der Waals surface area contributed by atoms with Crippen LogP contribution in [0.2, 0.25) is 0 Å². The molecule has 2 aromatic rings. The summed E-state index contributed by atoms with van der Waals surface area (Å²) in [6.07, 6.45) is 3.30. The quantitative estimate of drug-likeness (QED) is 0.225. The number of carbonyl (C=O) groups is 1. The molecule has 0 saturated carbocycles. The predicted molar refractivity (Wildman–Crippen MR) is 116 cm³/mol. The molecule has 0 aliphatic carbocycles. The maximum Gasteiger partial charge on any atom is 0.363 e. The number of esters is 1. The number of ether oxygens (including phenoxy) is 3. The minimum atomic E-state index is -0.495. The summed E-state index contributed by atoms with van der Waals surface area (Å²) in [4.78, 5) is 16.5. The summed E-state index contributed by atoms with van der Waals surface area (Å²) in [5.41, 5.74) is 1.70. The van der Waals surface area contributed by atoms with Gasteiger partial charge in [0.05, 0.1) is 11.6 Å². The monoisotopic (exact) mass is 539 g/mol. The number of aliphatic imine (C=N–C) groups is 1. The van der Waals surface area contributed by atoms with E-state index in [1.165, 1.54) is 0 Å². The molecule has 7 heteroatoms. The Labute approximate surface area is 179 Å². The van der Waals surface area contributed by atoms with E-state index >= 15 is 0 Å². The molecule has 0 amide bonds. The summed E-state index contributed by atoms with van der Waals surface area (Å²) in [6, 6.07) is 11.2. The highest BCUT2D eigenvalue weighted by atomic mass is 127. The molecule has 0 aromatic heterocycles. The van der Waals surface area contributed by atoms with Crippen molar-refractivity contribution in [3.8, 4) is 11.5 Å². The smallest absolute Gasteiger partial charge is 0.363 e. The van der Waals surface area contributed by atoms with E-state index in [2.05, 4.69) is 50.1 Å². The van der Waals surface area contributed by atoms with Crippen molar-refractivity contribution in [2.75, 3.05) is 13.7 Å². The Morgan fingerprint density at radius 3 is 2.70 bits per heavy atom. The molecule has 0 spiro atoms. The van der Waals surface area contributed by atoms with E-state index in [9.17, 15) is 4.79 Å². The highest BCUT2D eigenvalue weighted by Gasteiger charge is 2.24. The SMILES string of the molecule is C=CCOc1c(Br)cc(/C=C2\N=C(c3ccc(I)cc3)OC2=O)cc1OC. The van der Waals surface area contributed by atoms with Gasteiger partial charge in [-0.2, -0.15) is 0 Å². The molecule has 0 atom stereocenters. The van der Waals surface area contributed by atoms with Gasteiger partial charge in [-0.05, 0) is 86.6 Å². The van der Waals surface area contributed by atoms with E-state index in [-0.39, 0.29) is 5.70 Å². The summed E-state index contributed by atoms with van der Waals surface area (Å²) in [7, 11) is 1.55. The van der Waals surface area contributed by atoms with Gasteiger partial charge in [0.2, 0.25) is 5.90 Å². The Balaban J connectivity index is 1.93. The van der Waals surface area contributed by atoms with Gasteiger partial charge in [0.25, 0.3) is 0 Å². The van der Waals surface area contributed by atoms with Crippen molar-refractivity contribution in [3.05, 3.63) is 73.9 Å². The Bertz CT molecular complexity index is 951. The second kappa shape index (κ2) is 8.71. The van der Waals surface area contributed by atoms with Crippen LogP contribution in [0.15, 0.2) is 64.2 Å². The lowest BCUT2D eigenvalue weighted by Gasteiger charge is -2.12. The predicted octanol–water partition coefficient (Wildman–Crippen LogP) is 4.97. The highest BCUT2D eigenvalue weighted by molar-refractivity contribution is 14.1. The minimum absolute atomic E-state index is 0.220. The molecular formula is C20H15BrINO4. The number of carbonyl (C=O) groups excluding carboxylic acids is 1. The summed E-state index contributed by atoms with van der Waals surface area (Å²) in [5.74, 6) is 0.896. The molecule has 1 aliphatic rings. The fraction of sp³-hybridized carbons (Fsp3) is 0.100. The first-order valence-electron chi connectivity index (χ1n) is 7.91. The van der Waals surface area contributed by atoms with E-state index in [0.29, 0.717) is 28.5 Å². The van der Waals surface area contributed by atoms with Crippen molar-refractivity contribution in [1.29, 1.82) is 0 Å². The van der Waals surface area contributed by atoms with Crippen LogP contribution in [-0.4, -0.2) is 25.6 Å². The third-order valence-corrected chi connectivity index (χ3v) is 4.92. The number of hydrogen-bond donors (Lipinski definition) is 0. The van der Waals surface area contributed by atoms with Crippen LogP contribution < -0.4 is 9.47 Å². The van der Waals surface area contributed by atoms with Gasteiger partial charge in [0.15, 0.2) is 17.2 Å². The summed E-state index contributed by atoms with van der Waals surface area (Å²) >= 11 is 5.68. The first-order chi connectivity index (χ1) is 13.0. The molecule has 2 aromatic carbocycles. The van der Waals surface area contributed by atoms with Gasteiger partial charge in [0, 0.05) is 9.13 Å². The van der Waals surface area contributed by atoms with Crippen LogP contribution in [0.3, 0.4) is 0 Å². The van der Waals surface area contributed by atoms with Gasteiger partial charge in [0.1, 0.15) is 6.61 Å². The third kappa shape index (κ3) is 4.59. The fourth-order valence-corrected chi connectivity index (χ4v) is 3.32. The van der Waals surface area contributed by atoms with E-state index in [1.807, 2.05) is 30.3 Å². The topological polar surface area (TPSA) is 57.1 Å². The summed E-state index contributed by atoms with van der Waals surface area (Å²) in [6.45, 7) is 3.99. The van der Waals surface area contributed by atoms with Gasteiger partial charge in [-0.25, -0.2) is 9.79 Å². The normalized spacial score (nSPS) is 14.7. The summed E-state index contributed by atoms with van der Waals surface area (Å²) < 4.78 is 18.1. The van der Waals surface area contributed by atoms with Crippen LogP contribution in [0.4, 0.5) is 0 Å². The maximum atomic E-state index is 12.2. The average Bonchev–Trinajstić information content (AvgIpc) is 3.01. The van der Waals surface area contributed by atoms with E-state index in [0.717, 1.165) is 14.7 Å². The number of benzene rings is 2. The molecule has 0 radical (unpaired) electrons. The van der Waals surface area contributed by atoms with Gasteiger partial charge >= 0.3 is 5.97 Å². The Kier molecular flexibility index (Phi) is 6.33. The highest BCUT2D eigenvalue weighted by Crippen LogP contribution is 2.37. The van der Waals surface area contributed by atoms with Crippen LogP contribution in [0.25, 0.3) is 6.08 Å². The van der Waals surface area contributed by atoms with Crippen molar-refractivity contribution >= 4 is 56.5 Å². The number of cyclic esters (lactones) is 1. The van der Waals surface area contributed by atoms with E-state index in [4.69, 9.17) is 14.2 Å². The first kappa shape index (κ1) is 19.6. The second-order valence-electron chi connectivity index (χ2n) is 5.48. The molecule has 0 unspecified atom stereocenters. The van der Waals surface area contributed by atoms with Crippen LogP contribution in [-0.2, 0) is 9.53 Å². The molecule has 0 saturated heterocycles. The molecule has 27 heavy (non-hydrogen) atoms. The lowest BCUT2D eigenvalue weighted by atomic mass is 10.1. The zero-order valence-corrected chi connectivity index (χ0v) is 18.1. The molecule has 0 bridgehead atoms. The van der Waals surface area contributed by atoms with Crippen molar-refractivity contribution in [2.24, 2.45) is 4.99 Å². The summed E-state index contributed by atoms with van der Waals surface area (Å²) in [5, 5.41) is 0. The molecular weight excluding hydrogens is 525 g/mol. The van der Waals surface area contributed by atoms with E-state index < -0.39 is 5.97 Å². The minimum Gasteiger partial charge on any atom is -0.493 e. The van der Waals surface area contributed by atoms with Crippen molar-refractivity contribution in [2.45, 2.75) is 0 Å². The van der Waals surface area contributed by atoms with Gasteiger partial charge in [-0.3, -0.25) is 0 Å². The largest absolute Gasteiger partial charge is 0.493 e. The average molecular weight is 540 g/mol. The van der Waals surface area contributed by atoms with Gasteiger partial charge < -0.3 is 14.2 Å². The zero-order valence-electron chi connectivity index (χ0n) is 14.4. The van der Waals surface area contributed by atoms with Gasteiger partial charge in [-0.1, -0.05) is 12.7 Å². The third-order valence-electron chi connectivity index (χ3n) is 3.61. The zero-order chi connectivity index (χ0) is 19.4. The standard InChI is InChI=1S/C20H15BrINO4/c1-3-8-26-18-15(21)9-12(11-17(18)25-2)10-16-20(24)27-19(23-16)13-4-6-14(22)7-5-13/h3-7,9-11H,1,8H2,2H3/b16-10-. The number of nitrogens with zero attached hydrogens (tertiary/aromatic N) is 1. The molecule has 1 aliphatic heterocycles. The Morgan fingerprint density at radius 2 is 2.04 bits per heavy atom. The van der Waals surface area contributed by atoms with E-state index in [1.54, 1.807) is 25.3 Å².